The fourth-order valence-electron chi connectivity index (χ4n) is 1.45. The number of anilines is 2. The van der Waals surface area contributed by atoms with Crippen LogP contribution in [-0.4, -0.2) is 15.9 Å². The van der Waals surface area contributed by atoms with Gasteiger partial charge in [-0.2, -0.15) is 0 Å². The molecule has 0 saturated carbocycles. The van der Waals surface area contributed by atoms with Gasteiger partial charge >= 0.3 is 0 Å². The number of nitrogens with one attached hydrogen (secondary N) is 1. The first-order valence-electron chi connectivity index (χ1n) is 4.84. The topological polar surface area (TPSA) is 80.9 Å². The van der Waals surface area contributed by atoms with Crippen molar-refractivity contribution < 1.29 is 4.79 Å². The number of amides is 1. The minimum absolute atomic E-state index is 0.0722. The molecule has 80 valence electrons. The van der Waals surface area contributed by atoms with Gasteiger partial charge < -0.3 is 11.1 Å². The van der Waals surface area contributed by atoms with E-state index in [9.17, 15) is 4.79 Å². The van der Waals surface area contributed by atoms with Crippen LogP contribution < -0.4 is 11.1 Å². The van der Waals surface area contributed by atoms with Gasteiger partial charge in [0.05, 0.1) is 6.42 Å². The summed E-state index contributed by atoms with van der Waals surface area (Å²) in [6, 6.07) is 0. The number of carbonyl (C=O) groups excluding carboxylic acids is 1. The quantitative estimate of drug-likeness (QED) is 0.659. The van der Waals surface area contributed by atoms with Crippen molar-refractivity contribution in [3.05, 3.63) is 11.4 Å². The number of rotatable bonds is 0. The van der Waals surface area contributed by atoms with Crippen LogP contribution in [0.15, 0.2) is 0 Å². The Kier molecular flexibility index (Phi) is 1.92. The fourth-order valence-corrected chi connectivity index (χ4v) is 1.45. The van der Waals surface area contributed by atoms with Crippen molar-refractivity contribution in [2.75, 3.05) is 11.1 Å². The van der Waals surface area contributed by atoms with Crippen LogP contribution in [0.25, 0.3) is 0 Å². The first-order chi connectivity index (χ1) is 6.88. The molecule has 1 aliphatic rings. The predicted octanol–water partition coefficient (Wildman–Crippen LogP) is 0.851. The molecular formula is C10H14N4O. The number of nitrogens with zero attached hydrogens (tertiary/aromatic N) is 2. The standard InChI is InChI=1S/C10H14N4O/c1-10(2,3)9-13-7(11)5-4-6(15)12-8(5)14-9/h4H2,1-3H3,(H3,11,12,13,14,15). The van der Waals surface area contributed by atoms with E-state index in [1.807, 2.05) is 20.8 Å². The Labute approximate surface area is 88.1 Å². The molecule has 0 fully saturated rings. The average molecular weight is 206 g/mol. The largest absolute Gasteiger partial charge is 0.383 e. The Morgan fingerprint density at radius 3 is 2.60 bits per heavy atom. The van der Waals surface area contributed by atoms with Gasteiger partial charge in [0.2, 0.25) is 5.91 Å². The van der Waals surface area contributed by atoms with E-state index in [4.69, 9.17) is 5.73 Å². The molecule has 0 radical (unpaired) electrons. The summed E-state index contributed by atoms with van der Waals surface area (Å²) >= 11 is 0. The van der Waals surface area contributed by atoms with Crippen LogP contribution in [-0.2, 0) is 16.6 Å². The lowest BCUT2D eigenvalue weighted by molar-refractivity contribution is -0.115. The van der Waals surface area contributed by atoms with Crippen molar-refractivity contribution in [3.8, 4) is 0 Å². The second-order valence-electron chi connectivity index (χ2n) is 4.73. The Balaban J connectivity index is 2.54. The van der Waals surface area contributed by atoms with E-state index in [-0.39, 0.29) is 17.7 Å². The van der Waals surface area contributed by atoms with E-state index in [0.29, 0.717) is 23.0 Å². The monoisotopic (exact) mass is 206 g/mol. The zero-order chi connectivity index (χ0) is 11.2. The van der Waals surface area contributed by atoms with Crippen LogP contribution >= 0.6 is 0 Å². The molecule has 1 aromatic rings. The molecule has 0 unspecified atom stereocenters. The minimum atomic E-state index is -0.170. The van der Waals surface area contributed by atoms with Gasteiger partial charge in [-0.3, -0.25) is 4.79 Å². The van der Waals surface area contributed by atoms with E-state index in [2.05, 4.69) is 15.3 Å². The second-order valence-corrected chi connectivity index (χ2v) is 4.73. The normalized spacial score (nSPS) is 15.0. The second kappa shape index (κ2) is 2.92. The maximum atomic E-state index is 11.2. The van der Waals surface area contributed by atoms with Gasteiger partial charge in [-0.1, -0.05) is 20.8 Å². The van der Waals surface area contributed by atoms with Crippen molar-refractivity contribution in [1.29, 1.82) is 0 Å². The van der Waals surface area contributed by atoms with E-state index >= 15 is 0 Å². The number of nitrogens with two attached hydrogens (primary N) is 1. The lowest BCUT2D eigenvalue weighted by Gasteiger charge is -2.17. The lowest BCUT2D eigenvalue weighted by Crippen LogP contribution is -2.18. The van der Waals surface area contributed by atoms with Crippen LogP contribution in [0.3, 0.4) is 0 Å². The van der Waals surface area contributed by atoms with Gasteiger partial charge in [0.15, 0.2) is 0 Å². The molecule has 2 heterocycles. The first kappa shape index (κ1) is 9.89. The summed E-state index contributed by atoms with van der Waals surface area (Å²) in [6.45, 7) is 6.01. The molecule has 1 aliphatic heterocycles. The highest BCUT2D eigenvalue weighted by Crippen LogP contribution is 2.28. The SMILES string of the molecule is CC(C)(C)c1nc(N)c2c(n1)NC(=O)C2. The molecule has 1 amide bonds. The van der Waals surface area contributed by atoms with Gasteiger partial charge in [-0.15, -0.1) is 0 Å². The summed E-state index contributed by atoms with van der Waals surface area (Å²) in [6.07, 6.45) is 0.283. The zero-order valence-electron chi connectivity index (χ0n) is 9.09. The Morgan fingerprint density at radius 1 is 1.33 bits per heavy atom. The van der Waals surface area contributed by atoms with Crippen LogP contribution in [0, 0.1) is 0 Å². The van der Waals surface area contributed by atoms with Gasteiger partial charge in [-0.25, -0.2) is 9.97 Å². The maximum Gasteiger partial charge on any atom is 0.230 e. The van der Waals surface area contributed by atoms with E-state index in [0.717, 1.165) is 0 Å². The minimum Gasteiger partial charge on any atom is -0.383 e. The third-order valence-electron chi connectivity index (χ3n) is 2.31. The van der Waals surface area contributed by atoms with Crippen LogP contribution in [0.4, 0.5) is 11.6 Å². The number of carbonyl (C=O) groups is 1. The van der Waals surface area contributed by atoms with Crippen molar-refractivity contribution in [2.24, 2.45) is 0 Å². The summed E-state index contributed by atoms with van der Waals surface area (Å²) in [5.41, 5.74) is 6.33. The summed E-state index contributed by atoms with van der Waals surface area (Å²) in [7, 11) is 0. The smallest absolute Gasteiger partial charge is 0.230 e. The van der Waals surface area contributed by atoms with Crippen LogP contribution in [0.2, 0.25) is 0 Å². The number of hydrogen-bond donors (Lipinski definition) is 2. The molecule has 0 bridgehead atoms. The zero-order valence-corrected chi connectivity index (χ0v) is 9.09. The number of nitrogen functional groups attached to an aromatic ring is 1. The average Bonchev–Trinajstić information content (AvgIpc) is 2.44. The molecule has 3 N–H and O–H groups in total. The molecule has 0 saturated heterocycles. The Morgan fingerprint density at radius 2 is 2.00 bits per heavy atom. The van der Waals surface area contributed by atoms with Gasteiger partial charge in [-0.05, 0) is 0 Å². The number of aromatic nitrogens is 2. The molecule has 2 rings (SSSR count). The third-order valence-corrected chi connectivity index (χ3v) is 2.31. The fraction of sp³-hybridized carbons (Fsp3) is 0.500. The molecule has 5 heteroatoms. The third kappa shape index (κ3) is 1.65. The molecule has 1 aromatic heterocycles. The van der Waals surface area contributed by atoms with Crippen molar-refractivity contribution >= 4 is 17.5 Å². The Bertz CT molecular complexity index is 434. The lowest BCUT2D eigenvalue weighted by atomic mass is 9.95. The van der Waals surface area contributed by atoms with Crippen molar-refractivity contribution in [1.82, 2.24) is 9.97 Å². The van der Waals surface area contributed by atoms with Gasteiger partial charge in [0.1, 0.15) is 17.5 Å². The maximum absolute atomic E-state index is 11.2. The number of hydrogen-bond acceptors (Lipinski definition) is 4. The van der Waals surface area contributed by atoms with Gasteiger partial charge in [0, 0.05) is 11.0 Å². The predicted molar refractivity (Wildman–Crippen MR) is 57.5 cm³/mol. The molecule has 0 spiro atoms. The summed E-state index contributed by atoms with van der Waals surface area (Å²) in [5.74, 6) is 1.55. The molecule has 0 aliphatic carbocycles. The molecule has 5 nitrogen and oxygen atoms in total. The number of fused-ring (bicyclic) bond motifs is 1. The molecule has 15 heavy (non-hydrogen) atoms. The first-order valence-corrected chi connectivity index (χ1v) is 4.84. The molecule has 0 aromatic carbocycles. The van der Waals surface area contributed by atoms with Crippen LogP contribution in [0.5, 0.6) is 0 Å². The highest BCUT2D eigenvalue weighted by Gasteiger charge is 2.26. The summed E-state index contributed by atoms with van der Waals surface area (Å²) in [5, 5.41) is 2.68. The Hall–Kier alpha value is -1.65. The van der Waals surface area contributed by atoms with Gasteiger partial charge in [0.25, 0.3) is 0 Å². The highest BCUT2D eigenvalue weighted by molar-refractivity contribution is 5.99. The van der Waals surface area contributed by atoms with E-state index < -0.39 is 0 Å². The van der Waals surface area contributed by atoms with E-state index in [1.54, 1.807) is 0 Å². The molecular weight excluding hydrogens is 192 g/mol. The molecule has 0 atom stereocenters. The summed E-state index contributed by atoms with van der Waals surface area (Å²) < 4.78 is 0. The van der Waals surface area contributed by atoms with E-state index in [1.165, 1.54) is 0 Å². The van der Waals surface area contributed by atoms with Crippen molar-refractivity contribution in [3.63, 3.8) is 0 Å². The summed E-state index contributed by atoms with van der Waals surface area (Å²) in [4.78, 5) is 19.7. The van der Waals surface area contributed by atoms with Crippen molar-refractivity contribution in [2.45, 2.75) is 32.6 Å². The van der Waals surface area contributed by atoms with Crippen LogP contribution in [0.1, 0.15) is 32.2 Å². The highest BCUT2D eigenvalue weighted by atomic mass is 16.1.